The van der Waals surface area contributed by atoms with E-state index in [1.807, 2.05) is 13.1 Å². The van der Waals surface area contributed by atoms with Gasteiger partial charge in [-0.25, -0.2) is 4.98 Å². The van der Waals surface area contributed by atoms with Crippen LogP contribution in [0.3, 0.4) is 0 Å². The van der Waals surface area contributed by atoms with Crippen LogP contribution in [0.4, 0.5) is 0 Å². The first-order chi connectivity index (χ1) is 8.65. The van der Waals surface area contributed by atoms with Crippen LogP contribution in [0.15, 0.2) is 11.2 Å². The molecule has 19 heavy (non-hydrogen) atoms. The zero-order chi connectivity index (χ0) is 13.4. The summed E-state index contributed by atoms with van der Waals surface area (Å²) in [7, 11) is 1.67. The van der Waals surface area contributed by atoms with E-state index in [0.29, 0.717) is 19.1 Å². The highest BCUT2D eigenvalue weighted by molar-refractivity contribution is 14.0. The van der Waals surface area contributed by atoms with Crippen LogP contribution in [-0.2, 0) is 17.6 Å². The van der Waals surface area contributed by atoms with Crippen molar-refractivity contribution in [3.05, 3.63) is 16.1 Å². The van der Waals surface area contributed by atoms with Crippen LogP contribution in [0.2, 0.25) is 0 Å². The van der Waals surface area contributed by atoms with Crippen LogP contribution in [0.25, 0.3) is 0 Å². The van der Waals surface area contributed by atoms with Crippen molar-refractivity contribution in [1.29, 1.82) is 0 Å². The van der Waals surface area contributed by atoms with Gasteiger partial charge in [0, 0.05) is 37.2 Å². The number of aliphatic imine (C=N–C) groups is 1. The van der Waals surface area contributed by atoms with Gasteiger partial charge < -0.3 is 15.8 Å². The Morgan fingerprint density at radius 2 is 2.37 bits per heavy atom. The second-order valence-electron chi connectivity index (χ2n) is 4.09. The molecule has 0 bridgehead atoms. The van der Waals surface area contributed by atoms with Crippen molar-refractivity contribution in [2.24, 2.45) is 10.7 Å². The maximum Gasteiger partial charge on any atom is 0.188 e. The molecule has 0 fully saturated rings. The second-order valence-corrected chi connectivity index (χ2v) is 5.29. The van der Waals surface area contributed by atoms with Crippen LogP contribution in [0, 0.1) is 0 Å². The molecule has 0 aromatic carbocycles. The molecule has 0 saturated heterocycles. The Balaban J connectivity index is 0.00000324. The predicted octanol–water partition coefficient (Wildman–Crippen LogP) is 1.81. The molecule has 5 nitrogen and oxygen atoms in total. The standard InChI is InChI=1S/C12H22N4OS.HI/c1-4-10-7-15-11(18-10)5-6-14-12(13)16-9(2)8-17-3;/h7,9H,4-6,8H2,1-3H3,(H3,13,14,16);1H. The van der Waals surface area contributed by atoms with E-state index < -0.39 is 0 Å². The highest BCUT2D eigenvalue weighted by Gasteiger charge is 2.02. The molecule has 3 N–H and O–H groups in total. The fourth-order valence-corrected chi connectivity index (χ4v) is 2.34. The van der Waals surface area contributed by atoms with E-state index in [0.717, 1.165) is 17.8 Å². The van der Waals surface area contributed by atoms with Crippen LogP contribution in [0.1, 0.15) is 23.7 Å². The summed E-state index contributed by atoms with van der Waals surface area (Å²) in [4.78, 5) is 9.93. The molecule has 0 saturated carbocycles. The number of hydrogen-bond acceptors (Lipinski definition) is 4. The molecular weight excluding hydrogens is 375 g/mol. The lowest BCUT2D eigenvalue weighted by Crippen LogP contribution is -2.40. The molecule has 1 atom stereocenters. The molecule has 7 heteroatoms. The summed E-state index contributed by atoms with van der Waals surface area (Å²) in [5.74, 6) is 0.465. The molecule has 1 rings (SSSR count). The average molecular weight is 398 g/mol. The number of ether oxygens (including phenoxy) is 1. The third-order valence-electron chi connectivity index (χ3n) is 2.37. The van der Waals surface area contributed by atoms with Gasteiger partial charge in [-0.05, 0) is 13.3 Å². The number of aromatic nitrogens is 1. The Bertz CT molecular complexity index is 384. The molecule has 0 aliphatic rings. The molecule has 110 valence electrons. The molecule has 1 aromatic heterocycles. The summed E-state index contributed by atoms with van der Waals surface area (Å²) >= 11 is 1.74. The number of nitrogens with one attached hydrogen (secondary N) is 1. The van der Waals surface area contributed by atoms with Gasteiger partial charge in [0.1, 0.15) is 0 Å². The number of halogens is 1. The quantitative estimate of drug-likeness (QED) is 0.418. The van der Waals surface area contributed by atoms with Gasteiger partial charge in [-0.15, -0.1) is 35.3 Å². The number of methoxy groups -OCH3 is 1. The van der Waals surface area contributed by atoms with Gasteiger partial charge in [-0.3, -0.25) is 4.99 Å². The zero-order valence-electron chi connectivity index (χ0n) is 11.7. The predicted molar refractivity (Wildman–Crippen MR) is 91.6 cm³/mol. The Kier molecular flexibility index (Phi) is 10.2. The van der Waals surface area contributed by atoms with E-state index in [4.69, 9.17) is 10.5 Å². The lowest BCUT2D eigenvalue weighted by atomic mass is 10.4. The summed E-state index contributed by atoms with van der Waals surface area (Å²) in [6.45, 7) is 5.41. The number of aryl methyl sites for hydroxylation is 1. The normalized spacial score (nSPS) is 12.9. The van der Waals surface area contributed by atoms with Gasteiger partial charge in [0.15, 0.2) is 5.96 Å². The Morgan fingerprint density at radius 3 is 2.95 bits per heavy atom. The molecular formula is C12H23IN4OS. The number of nitrogens with two attached hydrogens (primary N) is 1. The summed E-state index contributed by atoms with van der Waals surface area (Å²) in [6.07, 6.45) is 3.82. The number of thiazole rings is 1. The van der Waals surface area contributed by atoms with Gasteiger partial charge in [-0.2, -0.15) is 0 Å². The number of nitrogens with zero attached hydrogens (tertiary/aromatic N) is 2. The monoisotopic (exact) mass is 398 g/mol. The van der Waals surface area contributed by atoms with Crippen LogP contribution >= 0.6 is 35.3 Å². The smallest absolute Gasteiger partial charge is 0.188 e. The zero-order valence-corrected chi connectivity index (χ0v) is 14.8. The first-order valence-electron chi connectivity index (χ1n) is 6.14. The molecule has 1 aromatic rings. The topological polar surface area (TPSA) is 72.5 Å². The highest BCUT2D eigenvalue weighted by atomic mass is 127. The van der Waals surface area contributed by atoms with Gasteiger partial charge in [0.25, 0.3) is 0 Å². The number of rotatable bonds is 7. The summed E-state index contributed by atoms with van der Waals surface area (Å²) in [5, 5.41) is 4.19. The van der Waals surface area contributed by atoms with E-state index in [9.17, 15) is 0 Å². The minimum absolute atomic E-state index is 0. The maximum absolute atomic E-state index is 5.77. The van der Waals surface area contributed by atoms with Crippen molar-refractivity contribution >= 4 is 41.3 Å². The van der Waals surface area contributed by atoms with E-state index in [1.54, 1.807) is 18.4 Å². The molecule has 0 aliphatic heterocycles. The minimum atomic E-state index is 0. The van der Waals surface area contributed by atoms with E-state index in [-0.39, 0.29) is 30.0 Å². The van der Waals surface area contributed by atoms with Crippen molar-refractivity contribution < 1.29 is 4.74 Å². The molecule has 0 spiro atoms. The van der Waals surface area contributed by atoms with Crippen molar-refractivity contribution in [2.45, 2.75) is 32.7 Å². The van der Waals surface area contributed by atoms with Crippen molar-refractivity contribution in [3.8, 4) is 0 Å². The lowest BCUT2D eigenvalue weighted by molar-refractivity contribution is 0.179. The largest absolute Gasteiger partial charge is 0.383 e. The summed E-state index contributed by atoms with van der Waals surface area (Å²) in [6, 6.07) is 0.172. The Morgan fingerprint density at radius 1 is 1.63 bits per heavy atom. The number of hydrogen-bond donors (Lipinski definition) is 2. The van der Waals surface area contributed by atoms with E-state index in [1.165, 1.54) is 4.88 Å². The van der Waals surface area contributed by atoms with Crippen molar-refractivity contribution in [3.63, 3.8) is 0 Å². The molecule has 0 radical (unpaired) electrons. The Labute approximate surface area is 136 Å². The maximum atomic E-state index is 5.77. The lowest BCUT2D eigenvalue weighted by Gasteiger charge is -2.12. The first kappa shape index (κ1) is 18.6. The average Bonchev–Trinajstić information content (AvgIpc) is 2.77. The second kappa shape index (κ2) is 10.4. The first-order valence-corrected chi connectivity index (χ1v) is 6.96. The third kappa shape index (κ3) is 7.68. The van der Waals surface area contributed by atoms with Crippen molar-refractivity contribution in [1.82, 2.24) is 10.3 Å². The van der Waals surface area contributed by atoms with Gasteiger partial charge in [0.2, 0.25) is 0 Å². The fraction of sp³-hybridized carbons (Fsp3) is 0.667. The van der Waals surface area contributed by atoms with Gasteiger partial charge in [-0.1, -0.05) is 6.92 Å². The minimum Gasteiger partial charge on any atom is -0.383 e. The van der Waals surface area contributed by atoms with Crippen LogP contribution in [-0.4, -0.2) is 37.2 Å². The SMILES string of the molecule is CCc1cnc(CCN=C(N)NC(C)COC)s1.I. The van der Waals surface area contributed by atoms with E-state index in [2.05, 4.69) is 22.2 Å². The third-order valence-corrected chi connectivity index (χ3v) is 3.57. The van der Waals surface area contributed by atoms with Gasteiger partial charge >= 0.3 is 0 Å². The molecule has 0 aliphatic carbocycles. The Hall–Kier alpha value is -0.410. The number of guanidine groups is 1. The summed E-state index contributed by atoms with van der Waals surface area (Å²) < 4.78 is 5.01. The van der Waals surface area contributed by atoms with E-state index >= 15 is 0 Å². The molecule has 1 heterocycles. The van der Waals surface area contributed by atoms with Gasteiger partial charge in [0.05, 0.1) is 11.6 Å². The van der Waals surface area contributed by atoms with Crippen molar-refractivity contribution in [2.75, 3.05) is 20.3 Å². The highest BCUT2D eigenvalue weighted by Crippen LogP contribution is 2.13. The van der Waals surface area contributed by atoms with Crippen LogP contribution < -0.4 is 11.1 Å². The van der Waals surface area contributed by atoms with Crippen LogP contribution in [0.5, 0.6) is 0 Å². The summed E-state index contributed by atoms with van der Waals surface area (Å²) in [5.41, 5.74) is 5.77. The molecule has 1 unspecified atom stereocenters. The fourth-order valence-electron chi connectivity index (χ4n) is 1.49. The molecule has 0 amide bonds.